The van der Waals surface area contributed by atoms with E-state index in [1.54, 1.807) is 60.7 Å². The van der Waals surface area contributed by atoms with Gasteiger partial charge in [0.15, 0.2) is 0 Å². The zero-order chi connectivity index (χ0) is 30.3. The van der Waals surface area contributed by atoms with E-state index < -0.39 is 28.5 Å². The van der Waals surface area contributed by atoms with Crippen LogP contribution in [-0.4, -0.2) is 43.8 Å². The van der Waals surface area contributed by atoms with Gasteiger partial charge in [0.05, 0.1) is 10.6 Å². The minimum absolute atomic E-state index is 0.00311. The first-order valence-corrected chi connectivity index (χ1v) is 17.0. The monoisotopic (exact) mass is 693 g/mol. The summed E-state index contributed by atoms with van der Waals surface area (Å²) in [6.45, 7) is 1.32. The van der Waals surface area contributed by atoms with Crippen LogP contribution in [0.5, 0.6) is 0 Å². The molecule has 1 fully saturated rings. The van der Waals surface area contributed by atoms with Gasteiger partial charge in [0.2, 0.25) is 11.8 Å². The molecule has 11 heteroatoms. The van der Waals surface area contributed by atoms with Crippen molar-refractivity contribution < 1.29 is 18.0 Å². The van der Waals surface area contributed by atoms with Crippen LogP contribution in [-0.2, 0) is 26.2 Å². The van der Waals surface area contributed by atoms with Gasteiger partial charge in [-0.15, -0.1) is 0 Å². The first-order valence-electron chi connectivity index (χ1n) is 14.0. The van der Waals surface area contributed by atoms with Crippen molar-refractivity contribution in [3.63, 3.8) is 0 Å². The van der Waals surface area contributed by atoms with Crippen molar-refractivity contribution >= 4 is 66.7 Å². The number of halogens is 3. The summed E-state index contributed by atoms with van der Waals surface area (Å²) >= 11 is 16.0. The molecule has 1 saturated carbocycles. The van der Waals surface area contributed by atoms with E-state index in [1.807, 2.05) is 6.92 Å². The largest absolute Gasteiger partial charge is 0.352 e. The van der Waals surface area contributed by atoms with Crippen LogP contribution in [0.25, 0.3) is 0 Å². The van der Waals surface area contributed by atoms with Crippen LogP contribution in [0.2, 0.25) is 10.0 Å². The van der Waals surface area contributed by atoms with Crippen LogP contribution in [0.15, 0.2) is 82.2 Å². The van der Waals surface area contributed by atoms with E-state index in [4.69, 9.17) is 23.2 Å². The van der Waals surface area contributed by atoms with Crippen LogP contribution in [0.4, 0.5) is 5.69 Å². The molecule has 0 bridgehead atoms. The van der Waals surface area contributed by atoms with E-state index in [9.17, 15) is 18.0 Å². The van der Waals surface area contributed by atoms with Crippen LogP contribution < -0.4 is 9.62 Å². The third kappa shape index (κ3) is 8.07. The van der Waals surface area contributed by atoms with Gasteiger partial charge in [-0.25, -0.2) is 8.42 Å². The highest BCUT2D eigenvalue weighted by Crippen LogP contribution is 2.28. The molecule has 1 atom stereocenters. The SMILES string of the molecule is CC[C@@H](C(=O)NC1CCCCC1)N(Cc1ccc(Cl)cc1Cl)C(=O)CN(c1cccc(Br)c1)S(=O)(=O)c1ccccc1. The Morgan fingerprint density at radius 3 is 2.33 bits per heavy atom. The van der Waals surface area contributed by atoms with Gasteiger partial charge >= 0.3 is 0 Å². The van der Waals surface area contributed by atoms with Gasteiger partial charge < -0.3 is 10.2 Å². The third-order valence-electron chi connectivity index (χ3n) is 7.40. The van der Waals surface area contributed by atoms with Crippen molar-refractivity contribution in [3.8, 4) is 0 Å². The van der Waals surface area contributed by atoms with E-state index in [2.05, 4.69) is 21.2 Å². The second-order valence-corrected chi connectivity index (χ2v) is 14.0. The van der Waals surface area contributed by atoms with E-state index in [-0.39, 0.29) is 23.4 Å². The number of hydrogen-bond donors (Lipinski definition) is 1. The molecule has 3 aromatic carbocycles. The highest BCUT2D eigenvalue weighted by Gasteiger charge is 2.34. The maximum Gasteiger partial charge on any atom is 0.264 e. The molecule has 1 aliphatic carbocycles. The number of benzene rings is 3. The number of rotatable bonds is 11. The molecular weight excluding hydrogens is 661 g/mol. The number of sulfonamides is 1. The second kappa shape index (κ2) is 14.7. The summed E-state index contributed by atoms with van der Waals surface area (Å²) < 4.78 is 29.6. The Kier molecular flexibility index (Phi) is 11.3. The van der Waals surface area contributed by atoms with Crippen LogP contribution in [0.1, 0.15) is 51.0 Å². The van der Waals surface area contributed by atoms with Gasteiger partial charge in [0, 0.05) is 27.1 Å². The normalized spacial score (nSPS) is 14.7. The van der Waals surface area contributed by atoms with E-state index in [0.717, 1.165) is 36.4 Å². The molecule has 0 aromatic heterocycles. The molecule has 0 radical (unpaired) electrons. The Morgan fingerprint density at radius 2 is 1.69 bits per heavy atom. The Balaban J connectivity index is 1.72. The Hall–Kier alpha value is -2.59. The van der Waals surface area contributed by atoms with Gasteiger partial charge in [-0.1, -0.05) is 95.6 Å². The minimum Gasteiger partial charge on any atom is -0.352 e. The summed E-state index contributed by atoms with van der Waals surface area (Å²) in [5.74, 6) is -0.797. The number of hydrogen-bond acceptors (Lipinski definition) is 4. The van der Waals surface area contributed by atoms with E-state index in [1.165, 1.54) is 17.0 Å². The average molecular weight is 696 g/mol. The molecule has 0 heterocycles. The maximum absolute atomic E-state index is 14.2. The number of carbonyl (C=O) groups is 2. The van der Waals surface area contributed by atoms with Crippen LogP contribution >= 0.6 is 39.1 Å². The van der Waals surface area contributed by atoms with E-state index >= 15 is 0 Å². The zero-order valence-electron chi connectivity index (χ0n) is 23.3. The summed E-state index contributed by atoms with van der Waals surface area (Å²) in [5.41, 5.74) is 0.906. The average Bonchev–Trinajstić information content (AvgIpc) is 2.97. The fraction of sp³-hybridized carbons (Fsp3) is 0.355. The van der Waals surface area contributed by atoms with Gasteiger partial charge in [-0.05, 0) is 67.3 Å². The minimum atomic E-state index is -4.14. The zero-order valence-corrected chi connectivity index (χ0v) is 27.2. The molecular formula is C31H34BrCl2N3O4S. The van der Waals surface area contributed by atoms with Gasteiger partial charge in [0.25, 0.3) is 10.0 Å². The van der Waals surface area contributed by atoms with E-state index in [0.29, 0.717) is 32.2 Å². The predicted molar refractivity (Wildman–Crippen MR) is 171 cm³/mol. The van der Waals surface area contributed by atoms with Gasteiger partial charge in [-0.3, -0.25) is 13.9 Å². The number of anilines is 1. The van der Waals surface area contributed by atoms with Crippen molar-refractivity contribution in [1.29, 1.82) is 0 Å². The molecule has 0 spiro atoms. The molecule has 42 heavy (non-hydrogen) atoms. The second-order valence-electron chi connectivity index (χ2n) is 10.3. The number of amides is 2. The Morgan fingerprint density at radius 1 is 0.976 bits per heavy atom. The molecule has 4 rings (SSSR count). The van der Waals surface area contributed by atoms with Crippen molar-refractivity contribution in [2.24, 2.45) is 0 Å². The van der Waals surface area contributed by atoms with Crippen molar-refractivity contribution in [2.75, 3.05) is 10.8 Å². The Bertz CT molecular complexity index is 1500. The lowest BCUT2D eigenvalue weighted by Crippen LogP contribution is -2.54. The van der Waals surface area contributed by atoms with Crippen LogP contribution in [0.3, 0.4) is 0 Å². The summed E-state index contributed by atoms with van der Waals surface area (Å²) in [6.07, 6.45) is 5.35. The molecule has 7 nitrogen and oxygen atoms in total. The molecule has 224 valence electrons. The lowest BCUT2D eigenvalue weighted by molar-refractivity contribution is -0.140. The lowest BCUT2D eigenvalue weighted by Gasteiger charge is -2.34. The summed E-state index contributed by atoms with van der Waals surface area (Å²) in [7, 11) is -4.14. The number of nitrogens with zero attached hydrogens (tertiary/aromatic N) is 2. The fourth-order valence-corrected chi connectivity index (χ4v) is 7.46. The molecule has 1 N–H and O–H groups in total. The first kappa shape index (κ1) is 32.3. The van der Waals surface area contributed by atoms with Crippen molar-refractivity contribution in [3.05, 3.63) is 92.9 Å². The van der Waals surface area contributed by atoms with Crippen molar-refractivity contribution in [1.82, 2.24) is 10.2 Å². The number of nitrogens with one attached hydrogen (secondary N) is 1. The van der Waals surface area contributed by atoms with Gasteiger partial charge in [0.1, 0.15) is 12.6 Å². The number of carbonyl (C=O) groups excluding carboxylic acids is 2. The highest BCUT2D eigenvalue weighted by molar-refractivity contribution is 9.10. The first-order chi connectivity index (χ1) is 20.1. The molecule has 0 unspecified atom stereocenters. The molecule has 3 aromatic rings. The summed E-state index contributed by atoms with van der Waals surface area (Å²) in [5, 5.41) is 3.93. The van der Waals surface area contributed by atoms with Gasteiger partial charge in [-0.2, -0.15) is 0 Å². The van der Waals surface area contributed by atoms with Crippen molar-refractivity contribution in [2.45, 2.75) is 69.0 Å². The summed E-state index contributed by atoms with van der Waals surface area (Å²) in [4.78, 5) is 29.3. The summed E-state index contributed by atoms with van der Waals surface area (Å²) in [6, 6.07) is 18.9. The third-order valence-corrected chi connectivity index (χ3v) is 10.3. The standard InChI is InChI=1S/C31H34BrCl2N3O4S/c1-2-29(31(39)35-25-11-5-3-6-12-25)36(20-22-16-17-24(33)19-28(22)34)30(38)21-37(26-13-9-10-23(32)18-26)42(40,41)27-14-7-4-8-15-27/h4,7-10,13-19,25,29H,2-3,5-6,11-12,20-21H2,1H3,(H,35,39)/t29-/m0/s1. The lowest BCUT2D eigenvalue weighted by atomic mass is 9.95. The van der Waals surface area contributed by atoms with Crippen LogP contribution in [0, 0.1) is 0 Å². The molecule has 2 amide bonds. The fourth-order valence-electron chi connectivity index (χ4n) is 5.18. The molecule has 0 saturated heterocycles. The smallest absolute Gasteiger partial charge is 0.264 e. The topological polar surface area (TPSA) is 86.8 Å². The maximum atomic E-state index is 14.2. The quantitative estimate of drug-likeness (QED) is 0.230. The molecule has 0 aliphatic heterocycles. The highest BCUT2D eigenvalue weighted by atomic mass is 79.9. The molecule has 1 aliphatic rings. The predicted octanol–water partition coefficient (Wildman–Crippen LogP) is 7.21. The Labute approximate surface area is 266 Å².